The fourth-order valence-corrected chi connectivity index (χ4v) is 4.30. The quantitative estimate of drug-likeness (QED) is 0.711. The highest BCUT2D eigenvalue weighted by Crippen LogP contribution is 2.11. The number of nitrogen functional groups attached to an aromatic ring is 1. The highest BCUT2D eigenvalue weighted by molar-refractivity contribution is 7.90. The molecule has 0 spiro atoms. The van der Waals surface area contributed by atoms with E-state index in [-0.39, 0.29) is 24.5 Å². The standard InChI is InChI=1S/C13H22N2O4S2/c1-3-15(20(2,16)17)9-4-10-21(18,19)11-12-5-7-13(14)8-6-12/h5-8H,3-4,9-11,14H2,1-2H3. The Bertz CT molecular complexity index is 652. The van der Waals surface area contributed by atoms with Crippen molar-refractivity contribution in [3.8, 4) is 0 Å². The van der Waals surface area contributed by atoms with Gasteiger partial charge in [-0.3, -0.25) is 0 Å². The molecular formula is C13H22N2O4S2. The summed E-state index contributed by atoms with van der Waals surface area (Å²) in [6, 6.07) is 6.68. The van der Waals surface area contributed by atoms with Gasteiger partial charge >= 0.3 is 0 Å². The van der Waals surface area contributed by atoms with E-state index in [1.807, 2.05) is 0 Å². The predicted octanol–water partition coefficient (Wildman–Crippen LogP) is 0.855. The first-order chi connectivity index (χ1) is 9.64. The summed E-state index contributed by atoms with van der Waals surface area (Å²) < 4.78 is 48.1. The van der Waals surface area contributed by atoms with Crippen LogP contribution in [0.25, 0.3) is 0 Å². The second-order valence-corrected chi connectivity index (χ2v) is 9.11. The van der Waals surface area contributed by atoms with Gasteiger partial charge in [-0.15, -0.1) is 0 Å². The minimum atomic E-state index is -3.27. The summed E-state index contributed by atoms with van der Waals surface area (Å²) in [5.41, 5.74) is 6.81. The average Bonchev–Trinajstić information content (AvgIpc) is 2.35. The lowest BCUT2D eigenvalue weighted by atomic mass is 10.2. The van der Waals surface area contributed by atoms with Crippen LogP contribution in [0.15, 0.2) is 24.3 Å². The van der Waals surface area contributed by atoms with E-state index < -0.39 is 19.9 Å². The lowest BCUT2D eigenvalue weighted by Gasteiger charge is -2.17. The molecule has 1 aromatic carbocycles. The van der Waals surface area contributed by atoms with Gasteiger partial charge in [0.05, 0.1) is 17.8 Å². The topological polar surface area (TPSA) is 97.5 Å². The molecule has 0 saturated carbocycles. The van der Waals surface area contributed by atoms with Gasteiger partial charge in [0.1, 0.15) is 0 Å². The van der Waals surface area contributed by atoms with Gasteiger partial charge in [0.15, 0.2) is 9.84 Å². The third-order valence-electron chi connectivity index (χ3n) is 3.05. The zero-order valence-corrected chi connectivity index (χ0v) is 14.0. The van der Waals surface area contributed by atoms with E-state index in [0.717, 1.165) is 6.26 Å². The SMILES string of the molecule is CCN(CCCS(=O)(=O)Cc1ccc(N)cc1)S(C)(=O)=O. The van der Waals surface area contributed by atoms with E-state index in [1.165, 1.54) is 4.31 Å². The van der Waals surface area contributed by atoms with Crippen LogP contribution in [0.2, 0.25) is 0 Å². The second-order valence-electron chi connectivity index (χ2n) is 4.94. The van der Waals surface area contributed by atoms with Crippen LogP contribution < -0.4 is 5.73 Å². The van der Waals surface area contributed by atoms with Gasteiger partial charge in [0.25, 0.3) is 0 Å². The van der Waals surface area contributed by atoms with Crippen molar-refractivity contribution in [2.24, 2.45) is 0 Å². The molecule has 21 heavy (non-hydrogen) atoms. The number of rotatable bonds is 8. The van der Waals surface area contributed by atoms with Crippen molar-refractivity contribution in [1.29, 1.82) is 0 Å². The molecule has 0 aliphatic carbocycles. The Labute approximate surface area is 126 Å². The summed E-state index contributed by atoms with van der Waals surface area (Å²) in [5, 5.41) is 0. The number of sulfonamides is 1. The zero-order valence-electron chi connectivity index (χ0n) is 12.3. The molecule has 0 amide bonds. The van der Waals surface area contributed by atoms with Crippen LogP contribution in [0.5, 0.6) is 0 Å². The Hall–Kier alpha value is -1.12. The van der Waals surface area contributed by atoms with Gasteiger partial charge in [-0.1, -0.05) is 19.1 Å². The van der Waals surface area contributed by atoms with Gasteiger partial charge < -0.3 is 5.73 Å². The van der Waals surface area contributed by atoms with Gasteiger partial charge in [0, 0.05) is 18.8 Å². The van der Waals surface area contributed by atoms with Crippen LogP contribution in [-0.2, 0) is 25.6 Å². The first-order valence-electron chi connectivity index (χ1n) is 6.64. The van der Waals surface area contributed by atoms with Crippen LogP contribution in [0.1, 0.15) is 18.9 Å². The maximum absolute atomic E-state index is 12.0. The summed E-state index contributed by atoms with van der Waals surface area (Å²) in [6.45, 7) is 2.29. The minimum Gasteiger partial charge on any atom is -0.399 e. The Balaban J connectivity index is 2.55. The van der Waals surface area contributed by atoms with Crippen molar-refractivity contribution < 1.29 is 16.8 Å². The maximum atomic E-state index is 12.0. The highest BCUT2D eigenvalue weighted by atomic mass is 32.2. The van der Waals surface area contributed by atoms with Crippen LogP contribution in [0.4, 0.5) is 5.69 Å². The molecule has 0 saturated heterocycles. The smallest absolute Gasteiger partial charge is 0.211 e. The maximum Gasteiger partial charge on any atom is 0.211 e. The van der Waals surface area contributed by atoms with E-state index in [1.54, 1.807) is 31.2 Å². The van der Waals surface area contributed by atoms with Crippen LogP contribution in [0, 0.1) is 0 Å². The van der Waals surface area contributed by atoms with Gasteiger partial charge in [-0.05, 0) is 24.1 Å². The van der Waals surface area contributed by atoms with Crippen molar-refractivity contribution in [2.45, 2.75) is 19.1 Å². The summed E-state index contributed by atoms with van der Waals surface area (Å²) in [4.78, 5) is 0. The fraction of sp³-hybridized carbons (Fsp3) is 0.538. The van der Waals surface area contributed by atoms with E-state index in [9.17, 15) is 16.8 Å². The number of hydrogen-bond donors (Lipinski definition) is 1. The molecule has 0 aliphatic heterocycles. The second kappa shape index (κ2) is 7.24. The molecule has 0 aromatic heterocycles. The number of benzene rings is 1. The predicted molar refractivity (Wildman–Crippen MR) is 85.1 cm³/mol. The van der Waals surface area contributed by atoms with Crippen molar-refractivity contribution in [3.63, 3.8) is 0 Å². The molecule has 0 unspecified atom stereocenters. The van der Waals surface area contributed by atoms with Crippen molar-refractivity contribution in [2.75, 3.05) is 30.8 Å². The average molecular weight is 334 g/mol. The van der Waals surface area contributed by atoms with Gasteiger partial charge in [0.2, 0.25) is 10.0 Å². The third-order valence-corrected chi connectivity index (χ3v) is 6.11. The molecule has 8 heteroatoms. The highest BCUT2D eigenvalue weighted by Gasteiger charge is 2.17. The summed E-state index contributed by atoms with van der Waals surface area (Å²) >= 11 is 0. The fourth-order valence-electron chi connectivity index (χ4n) is 1.96. The largest absolute Gasteiger partial charge is 0.399 e. The molecule has 6 nitrogen and oxygen atoms in total. The first kappa shape index (κ1) is 17.9. The molecule has 120 valence electrons. The summed E-state index contributed by atoms with van der Waals surface area (Å²) in [7, 11) is -6.53. The Morgan fingerprint density at radius 1 is 1.10 bits per heavy atom. The molecule has 0 heterocycles. The Kier molecular flexibility index (Phi) is 6.18. The number of sulfone groups is 1. The van der Waals surface area contributed by atoms with Crippen LogP contribution in [-0.4, -0.2) is 46.2 Å². The zero-order chi connectivity index (χ0) is 16.1. The van der Waals surface area contributed by atoms with E-state index in [4.69, 9.17) is 5.73 Å². The van der Waals surface area contributed by atoms with E-state index in [0.29, 0.717) is 17.8 Å². The molecule has 1 aromatic rings. The number of anilines is 1. The molecule has 1 rings (SSSR count). The van der Waals surface area contributed by atoms with Gasteiger partial charge in [-0.2, -0.15) is 0 Å². The van der Waals surface area contributed by atoms with Gasteiger partial charge in [-0.25, -0.2) is 21.1 Å². The van der Waals surface area contributed by atoms with Crippen molar-refractivity contribution >= 4 is 25.5 Å². The van der Waals surface area contributed by atoms with Crippen LogP contribution >= 0.6 is 0 Å². The minimum absolute atomic E-state index is 0.0383. The molecule has 0 aliphatic rings. The van der Waals surface area contributed by atoms with E-state index in [2.05, 4.69) is 0 Å². The lowest BCUT2D eigenvalue weighted by Crippen LogP contribution is -2.31. The molecule has 0 bridgehead atoms. The van der Waals surface area contributed by atoms with Crippen molar-refractivity contribution in [1.82, 2.24) is 4.31 Å². The normalized spacial score (nSPS) is 12.7. The molecular weight excluding hydrogens is 312 g/mol. The van der Waals surface area contributed by atoms with Crippen LogP contribution in [0.3, 0.4) is 0 Å². The molecule has 0 fully saturated rings. The lowest BCUT2D eigenvalue weighted by molar-refractivity contribution is 0.431. The Morgan fingerprint density at radius 3 is 2.14 bits per heavy atom. The molecule has 0 atom stereocenters. The summed E-state index contributed by atoms with van der Waals surface area (Å²) in [5.74, 6) is -0.0956. The Morgan fingerprint density at radius 2 is 1.67 bits per heavy atom. The number of nitrogens with zero attached hydrogens (tertiary/aromatic N) is 1. The number of nitrogens with two attached hydrogens (primary N) is 1. The molecule has 0 radical (unpaired) electrons. The van der Waals surface area contributed by atoms with E-state index >= 15 is 0 Å². The summed E-state index contributed by atoms with van der Waals surface area (Å²) in [6.07, 6.45) is 1.41. The third kappa shape index (κ3) is 6.45. The monoisotopic (exact) mass is 334 g/mol. The number of hydrogen-bond acceptors (Lipinski definition) is 5. The molecule has 2 N–H and O–H groups in total. The van der Waals surface area contributed by atoms with Crippen molar-refractivity contribution in [3.05, 3.63) is 29.8 Å². The first-order valence-corrected chi connectivity index (χ1v) is 10.3.